The highest BCUT2D eigenvalue weighted by Crippen LogP contribution is 1.98. The maximum absolute atomic E-state index is 5.42. The predicted octanol–water partition coefficient (Wildman–Crippen LogP) is 0.276. The third kappa shape index (κ3) is 13.8. The van der Waals surface area contributed by atoms with Gasteiger partial charge in [0.2, 0.25) is 0 Å². The fraction of sp³-hybridized carbons (Fsp3) is 1.00. The molecule has 0 aliphatic carbocycles. The molecule has 98 valence electrons. The lowest BCUT2D eigenvalue weighted by molar-refractivity contribution is -0.628. The van der Waals surface area contributed by atoms with Gasteiger partial charge in [-0.25, -0.2) is 0 Å². The van der Waals surface area contributed by atoms with E-state index in [1.807, 2.05) is 7.05 Å². The van der Waals surface area contributed by atoms with Crippen molar-refractivity contribution in [3.63, 3.8) is 0 Å². The van der Waals surface area contributed by atoms with Crippen molar-refractivity contribution in [1.29, 1.82) is 0 Å². The molecule has 0 unspecified atom stereocenters. The average molecular weight is 234 g/mol. The van der Waals surface area contributed by atoms with Crippen molar-refractivity contribution in [2.75, 3.05) is 53.2 Å². The lowest BCUT2D eigenvalue weighted by Gasteiger charge is -2.07. The van der Waals surface area contributed by atoms with Crippen molar-refractivity contribution in [2.24, 2.45) is 5.92 Å². The molecule has 4 heteroatoms. The van der Waals surface area contributed by atoms with Crippen LogP contribution in [0.15, 0.2) is 0 Å². The number of rotatable bonds is 12. The van der Waals surface area contributed by atoms with Crippen LogP contribution in [0.2, 0.25) is 0 Å². The van der Waals surface area contributed by atoms with Gasteiger partial charge >= 0.3 is 0 Å². The minimum absolute atomic E-state index is 0.664. The first-order valence-electron chi connectivity index (χ1n) is 6.28. The lowest BCUT2D eigenvalue weighted by Crippen LogP contribution is -2.80. The smallest absolute Gasteiger partial charge is 0.0991 e. The average Bonchev–Trinajstić information content (AvgIpc) is 2.25. The second kappa shape index (κ2) is 12.9. The zero-order chi connectivity index (χ0) is 12.1. The van der Waals surface area contributed by atoms with Crippen LogP contribution in [0.3, 0.4) is 0 Å². The van der Waals surface area contributed by atoms with E-state index in [4.69, 9.17) is 14.2 Å². The third-order valence-electron chi connectivity index (χ3n) is 2.13. The number of ether oxygens (including phenoxy) is 3. The van der Waals surface area contributed by atoms with Crippen molar-refractivity contribution in [3.05, 3.63) is 0 Å². The van der Waals surface area contributed by atoms with E-state index in [1.54, 1.807) is 0 Å². The van der Waals surface area contributed by atoms with Gasteiger partial charge in [-0.05, 0) is 12.3 Å². The Morgan fingerprint density at radius 2 is 1.31 bits per heavy atom. The molecule has 16 heavy (non-hydrogen) atoms. The van der Waals surface area contributed by atoms with Crippen LogP contribution in [0.4, 0.5) is 0 Å². The zero-order valence-corrected chi connectivity index (χ0v) is 11.0. The third-order valence-corrected chi connectivity index (χ3v) is 2.13. The summed E-state index contributed by atoms with van der Waals surface area (Å²) in [6.07, 6.45) is 1.12. The van der Waals surface area contributed by atoms with E-state index in [2.05, 4.69) is 19.2 Å². The van der Waals surface area contributed by atoms with E-state index in [9.17, 15) is 0 Å². The Hall–Kier alpha value is -0.160. The summed E-state index contributed by atoms with van der Waals surface area (Å²) in [7, 11) is 2.04. The number of quaternary nitrogens is 1. The summed E-state index contributed by atoms with van der Waals surface area (Å²) in [6.45, 7) is 9.75. The highest BCUT2D eigenvalue weighted by molar-refractivity contribution is 4.42. The fourth-order valence-electron chi connectivity index (χ4n) is 1.06. The van der Waals surface area contributed by atoms with E-state index in [0.29, 0.717) is 32.3 Å². The Balaban J connectivity index is 2.88. The van der Waals surface area contributed by atoms with Gasteiger partial charge in [0.05, 0.1) is 46.6 Å². The molecule has 0 atom stereocenters. The minimum Gasteiger partial charge on any atom is -0.379 e. The van der Waals surface area contributed by atoms with Crippen LogP contribution < -0.4 is 5.32 Å². The Morgan fingerprint density at radius 1 is 0.812 bits per heavy atom. The number of hydrogen-bond donors (Lipinski definition) is 1. The van der Waals surface area contributed by atoms with Crippen LogP contribution >= 0.6 is 0 Å². The highest BCUT2D eigenvalue weighted by Gasteiger charge is 1.94. The molecule has 0 spiro atoms. The summed E-state index contributed by atoms with van der Waals surface area (Å²) in [5, 5.41) is 2.10. The highest BCUT2D eigenvalue weighted by atomic mass is 16.5. The molecule has 0 saturated carbocycles. The van der Waals surface area contributed by atoms with Crippen LogP contribution in [0.1, 0.15) is 20.3 Å². The molecule has 0 bridgehead atoms. The Bertz CT molecular complexity index is 131. The Labute approximate surface area is 99.6 Å². The van der Waals surface area contributed by atoms with E-state index in [0.717, 1.165) is 26.2 Å². The van der Waals surface area contributed by atoms with Gasteiger partial charge in [0, 0.05) is 6.61 Å². The first kappa shape index (κ1) is 15.8. The molecule has 0 saturated heterocycles. The Kier molecular flexibility index (Phi) is 12.8. The number of hydrogen-bond acceptors (Lipinski definition) is 3. The summed E-state index contributed by atoms with van der Waals surface area (Å²) in [5.41, 5.74) is 0. The van der Waals surface area contributed by atoms with E-state index < -0.39 is 0 Å². The molecule has 0 radical (unpaired) electrons. The molecule has 0 aromatic heterocycles. The summed E-state index contributed by atoms with van der Waals surface area (Å²) < 4.78 is 16.1. The molecule has 0 rings (SSSR count). The topological polar surface area (TPSA) is 44.3 Å². The van der Waals surface area contributed by atoms with Crippen LogP contribution in [0.5, 0.6) is 0 Å². The van der Waals surface area contributed by atoms with E-state index in [-0.39, 0.29) is 0 Å². The molecule has 0 aromatic carbocycles. The van der Waals surface area contributed by atoms with Crippen molar-refractivity contribution in [1.82, 2.24) is 0 Å². The van der Waals surface area contributed by atoms with Gasteiger partial charge < -0.3 is 19.5 Å². The van der Waals surface area contributed by atoms with Gasteiger partial charge in [-0.2, -0.15) is 0 Å². The summed E-state index contributed by atoms with van der Waals surface area (Å²) in [6, 6.07) is 0. The zero-order valence-electron chi connectivity index (χ0n) is 11.0. The molecular formula is C12H28NO3+. The molecule has 0 aromatic rings. The maximum atomic E-state index is 5.42. The molecule has 0 aliphatic rings. The van der Waals surface area contributed by atoms with Gasteiger partial charge in [0.1, 0.15) is 0 Å². The van der Waals surface area contributed by atoms with E-state index >= 15 is 0 Å². The quantitative estimate of drug-likeness (QED) is 0.493. The number of likely N-dealkylation sites (N-methyl/N-ethyl adjacent to an activating group) is 1. The largest absolute Gasteiger partial charge is 0.379 e. The van der Waals surface area contributed by atoms with Crippen molar-refractivity contribution in [3.8, 4) is 0 Å². The molecule has 0 fully saturated rings. The molecule has 0 heterocycles. The lowest BCUT2D eigenvalue weighted by atomic mass is 10.1. The Morgan fingerprint density at radius 3 is 1.81 bits per heavy atom. The maximum Gasteiger partial charge on any atom is 0.0991 e. The van der Waals surface area contributed by atoms with Gasteiger partial charge in [-0.3, -0.25) is 0 Å². The molecule has 4 nitrogen and oxygen atoms in total. The molecule has 0 aliphatic heterocycles. The van der Waals surface area contributed by atoms with Crippen molar-refractivity contribution >= 4 is 0 Å². The summed E-state index contributed by atoms with van der Waals surface area (Å²) in [5.74, 6) is 0.713. The van der Waals surface area contributed by atoms with E-state index in [1.165, 1.54) is 0 Å². The summed E-state index contributed by atoms with van der Waals surface area (Å²) >= 11 is 0. The van der Waals surface area contributed by atoms with Crippen LogP contribution in [0, 0.1) is 5.92 Å². The van der Waals surface area contributed by atoms with Crippen LogP contribution in [-0.4, -0.2) is 53.2 Å². The van der Waals surface area contributed by atoms with Crippen molar-refractivity contribution < 1.29 is 19.5 Å². The monoisotopic (exact) mass is 234 g/mol. The molecule has 2 N–H and O–H groups in total. The van der Waals surface area contributed by atoms with Gasteiger partial charge in [-0.1, -0.05) is 13.8 Å². The fourth-order valence-corrected chi connectivity index (χ4v) is 1.06. The second-order valence-electron chi connectivity index (χ2n) is 4.22. The molecular weight excluding hydrogens is 206 g/mol. The molecule has 0 amide bonds. The SMILES string of the molecule is C[NH2+]CCOCCOCCOCCC(C)C. The van der Waals surface area contributed by atoms with Gasteiger partial charge in [-0.15, -0.1) is 0 Å². The second-order valence-corrected chi connectivity index (χ2v) is 4.22. The van der Waals surface area contributed by atoms with Crippen LogP contribution in [-0.2, 0) is 14.2 Å². The first-order chi connectivity index (χ1) is 7.77. The summed E-state index contributed by atoms with van der Waals surface area (Å²) in [4.78, 5) is 0. The minimum atomic E-state index is 0.664. The predicted molar refractivity (Wildman–Crippen MR) is 64.6 cm³/mol. The normalized spacial score (nSPS) is 11.2. The van der Waals surface area contributed by atoms with Crippen molar-refractivity contribution in [2.45, 2.75) is 20.3 Å². The number of nitrogens with two attached hydrogens (primary N) is 1. The standard InChI is InChI=1S/C12H27NO3/c1-12(2)4-6-14-8-10-16-11-9-15-7-5-13-3/h12-13H,4-11H2,1-3H3/p+1. The first-order valence-corrected chi connectivity index (χ1v) is 6.28. The van der Waals surface area contributed by atoms with Crippen LogP contribution in [0.25, 0.3) is 0 Å². The van der Waals surface area contributed by atoms with Gasteiger partial charge in [0.25, 0.3) is 0 Å². The van der Waals surface area contributed by atoms with Gasteiger partial charge in [0.15, 0.2) is 0 Å².